The van der Waals surface area contributed by atoms with E-state index >= 15 is 0 Å². The highest BCUT2D eigenvalue weighted by molar-refractivity contribution is 6.34. The normalized spacial score (nSPS) is 12.5. The highest BCUT2D eigenvalue weighted by atomic mass is 35.5. The molecule has 0 spiro atoms. The maximum absolute atomic E-state index is 12.3. The van der Waals surface area contributed by atoms with Gasteiger partial charge in [0.15, 0.2) is 0 Å². The third kappa shape index (κ3) is 6.51. The van der Waals surface area contributed by atoms with E-state index in [-0.39, 0.29) is 16.5 Å². The van der Waals surface area contributed by atoms with E-state index in [4.69, 9.17) is 17.3 Å². The van der Waals surface area contributed by atoms with Gasteiger partial charge in [-0.3, -0.25) is 4.79 Å². The van der Waals surface area contributed by atoms with Gasteiger partial charge < -0.3 is 16.4 Å². The number of anilines is 2. The number of nitrogens with one attached hydrogen (secondary N) is 2. The van der Waals surface area contributed by atoms with Gasteiger partial charge in [-0.15, -0.1) is 0 Å². The standard InChI is InChI=1S/C18H25ClN4O/c1-17(2,3)11-18(4,5)22-10-12(9-20)16(24)23-15-7-6-13(21)8-14(15)19/h6-8,10,22H,11,21H2,1-5H3,(H,23,24)/b12-10-. The van der Waals surface area contributed by atoms with Gasteiger partial charge >= 0.3 is 0 Å². The Morgan fingerprint density at radius 1 is 1.33 bits per heavy atom. The van der Waals surface area contributed by atoms with E-state index in [2.05, 4.69) is 31.4 Å². The molecular weight excluding hydrogens is 324 g/mol. The van der Waals surface area contributed by atoms with Crippen molar-refractivity contribution in [3.8, 4) is 6.07 Å². The van der Waals surface area contributed by atoms with Crippen LogP contribution in [-0.2, 0) is 4.79 Å². The van der Waals surface area contributed by atoms with Crippen LogP contribution in [0.2, 0.25) is 5.02 Å². The lowest BCUT2D eigenvalue weighted by molar-refractivity contribution is -0.112. The Morgan fingerprint density at radius 2 is 1.96 bits per heavy atom. The number of hydrogen-bond donors (Lipinski definition) is 3. The van der Waals surface area contributed by atoms with Gasteiger partial charge in [-0.05, 0) is 43.9 Å². The summed E-state index contributed by atoms with van der Waals surface area (Å²) in [7, 11) is 0. The summed E-state index contributed by atoms with van der Waals surface area (Å²) in [5, 5.41) is 15.3. The third-order valence-electron chi connectivity index (χ3n) is 3.19. The molecule has 0 radical (unpaired) electrons. The van der Waals surface area contributed by atoms with Crippen LogP contribution in [-0.4, -0.2) is 11.4 Å². The van der Waals surface area contributed by atoms with Crippen molar-refractivity contribution in [2.45, 2.75) is 46.6 Å². The van der Waals surface area contributed by atoms with Gasteiger partial charge in [0, 0.05) is 17.4 Å². The van der Waals surface area contributed by atoms with Crippen LogP contribution in [0.3, 0.4) is 0 Å². The summed E-state index contributed by atoms with van der Waals surface area (Å²) in [5.41, 5.74) is 6.38. The zero-order chi connectivity index (χ0) is 18.5. The maximum Gasteiger partial charge on any atom is 0.267 e. The Balaban J connectivity index is 2.85. The van der Waals surface area contributed by atoms with E-state index in [1.54, 1.807) is 12.1 Å². The van der Waals surface area contributed by atoms with E-state index in [9.17, 15) is 10.1 Å². The second-order valence-electron chi connectivity index (χ2n) is 7.63. The molecule has 0 aliphatic carbocycles. The van der Waals surface area contributed by atoms with Crippen LogP contribution < -0.4 is 16.4 Å². The number of carbonyl (C=O) groups is 1. The summed E-state index contributed by atoms with van der Waals surface area (Å²) in [4.78, 5) is 12.3. The number of halogens is 1. The Hall–Kier alpha value is -2.19. The van der Waals surface area contributed by atoms with Crippen molar-refractivity contribution in [2.24, 2.45) is 5.41 Å². The molecule has 1 aromatic rings. The molecule has 0 unspecified atom stereocenters. The number of nitrogen functional groups attached to an aromatic ring is 1. The molecule has 1 amide bonds. The van der Waals surface area contributed by atoms with Crippen molar-refractivity contribution in [1.82, 2.24) is 5.32 Å². The monoisotopic (exact) mass is 348 g/mol. The molecule has 0 heterocycles. The minimum atomic E-state index is -0.525. The number of amides is 1. The Labute approximate surface area is 148 Å². The average Bonchev–Trinajstić information content (AvgIpc) is 2.39. The summed E-state index contributed by atoms with van der Waals surface area (Å²) >= 11 is 6.03. The van der Waals surface area contributed by atoms with Crippen LogP contribution in [0.1, 0.15) is 41.0 Å². The van der Waals surface area contributed by atoms with Crippen LogP contribution in [0.15, 0.2) is 30.0 Å². The molecule has 0 aromatic heterocycles. The number of rotatable bonds is 5. The van der Waals surface area contributed by atoms with Crippen LogP contribution in [0.5, 0.6) is 0 Å². The van der Waals surface area contributed by atoms with E-state index in [0.717, 1.165) is 6.42 Å². The summed E-state index contributed by atoms with van der Waals surface area (Å²) in [6.07, 6.45) is 2.33. The molecule has 0 aliphatic rings. The van der Waals surface area contributed by atoms with Gasteiger partial charge in [0.2, 0.25) is 0 Å². The molecule has 0 saturated carbocycles. The average molecular weight is 349 g/mol. The molecule has 0 fully saturated rings. The van der Waals surface area contributed by atoms with Crippen molar-refractivity contribution in [3.05, 3.63) is 35.0 Å². The lowest BCUT2D eigenvalue weighted by atomic mass is 9.82. The molecule has 5 nitrogen and oxygen atoms in total. The number of carbonyl (C=O) groups excluding carboxylic acids is 1. The van der Waals surface area contributed by atoms with E-state index in [1.807, 2.05) is 19.9 Å². The fourth-order valence-electron chi connectivity index (χ4n) is 2.62. The first-order chi connectivity index (χ1) is 10.9. The first kappa shape index (κ1) is 19.9. The highest BCUT2D eigenvalue weighted by Gasteiger charge is 2.24. The van der Waals surface area contributed by atoms with Crippen LogP contribution in [0, 0.1) is 16.7 Å². The molecule has 0 atom stereocenters. The van der Waals surface area contributed by atoms with Crippen LogP contribution >= 0.6 is 11.6 Å². The number of benzene rings is 1. The third-order valence-corrected chi connectivity index (χ3v) is 3.50. The van der Waals surface area contributed by atoms with Crippen LogP contribution in [0.25, 0.3) is 0 Å². The summed E-state index contributed by atoms with van der Waals surface area (Å²) < 4.78 is 0. The van der Waals surface area contributed by atoms with Gasteiger partial charge in [0.05, 0.1) is 10.7 Å². The fraction of sp³-hybridized carbons (Fsp3) is 0.444. The lowest BCUT2D eigenvalue weighted by Crippen LogP contribution is -2.39. The smallest absolute Gasteiger partial charge is 0.267 e. The number of nitriles is 1. The van der Waals surface area contributed by atoms with E-state index in [1.165, 1.54) is 12.3 Å². The van der Waals surface area contributed by atoms with Gasteiger partial charge in [0.1, 0.15) is 11.6 Å². The zero-order valence-electron chi connectivity index (χ0n) is 14.8. The SMILES string of the molecule is CC(C)(C)CC(C)(C)N/C=C(/C#N)C(=O)Nc1ccc(N)cc1Cl. The minimum Gasteiger partial charge on any atom is -0.399 e. The van der Waals surface area contributed by atoms with Crippen molar-refractivity contribution >= 4 is 28.9 Å². The van der Waals surface area contributed by atoms with Gasteiger partial charge in [-0.2, -0.15) is 5.26 Å². The van der Waals surface area contributed by atoms with Gasteiger partial charge in [-0.1, -0.05) is 32.4 Å². The molecule has 0 bridgehead atoms. The molecule has 1 aromatic carbocycles. The Morgan fingerprint density at radius 3 is 2.46 bits per heavy atom. The summed E-state index contributed by atoms with van der Waals surface area (Å²) in [6.45, 7) is 10.5. The molecule has 24 heavy (non-hydrogen) atoms. The van der Waals surface area contributed by atoms with Gasteiger partial charge in [0.25, 0.3) is 5.91 Å². The van der Waals surface area contributed by atoms with E-state index < -0.39 is 5.91 Å². The molecule has 0 saturated heterocycles. The Kier molecular flexibility index (Phi) is 6.28. The largest absolute Gasteiger partial charge is 0.399 e. The van der Waals surface area contributed by atoms with Crippen molar-refractivity contribution in [2.75, 3.05) is 11.1 Å². The van der Waals surface area contributed by atoms with Gasteiger partial charge in [-0.25, -0.2) is 0 Å². The number of nitrogens with zero attached hydrogens (tertiary/aromatic N) is 1. The molecule has 1 rings (SSSR count). The van der Waals surface area contributed by atoms with Crippen LogP contribution in [0.4, 0.5) is 11.4 Å². The molecule has 6 heteroatoms. The Bertz CT molecular complexity index is 681. The van der Waals surface area contributed by atoms with Crippen molar-refractivity contribution < 1.29 is 4.79 Å². The second kappa shape index (κ2) is 7.59. The zero-order valence-corrected chi connectivity index (χ0v) is 15.6. The van der Waals surface area contributed by atoms with E-state index in [0.29, 0.717) is 16.4 Å². The number of hydrogen-bond acceptors (Lipinski definition) is 4. The summed E-state index contributed by atoms with van der Waals surface area (Å²) in [5.74, 6) is -0.525. The minimum absolute atomic E-state index is 0.0233. The quantitative estimate of drug-likeness (QED) is 0.425. The fourth-order valence-corrected chi connectivity index (χ4v) is 2.85. The molecular formula is C18H25ClN4O. The predicted molar refractivity (Wildman–Crippen MR) is 99.5 cm³/mol. The molecule has 4 N–H and O–H groups in total. The molecule has 0 aliphatic heterocycles. The number of nitrogens with two attached hydrogens (primary N) is 1. The second-order valence-corrected chi connectivity index (χ2v) is 8.04. The molecule has 130 valence electrons. The van der Waals surface area contributed by atoms with Crippen molar-refractivity contribution in [3.63, 3.8) is 0 Å². The topological polar surface area (TPSA) is 90.9 Å². The maximum atomic E-state index is 12.3. The first-order valence-electron chi connectivity index (χ1n) is 7.68. The highest BCUT2D eigenvalue weighted by Crippen LogP contribution is 2.27. The first-order valence-corrected chi connectivity index (χ1v) is 8.06. The predicted octanol–water partition coefficient (Wildman–Crippen LogP) is 4.07. The lowest BCUT2D eigenvalue weighted by Gasteiger charge is -2.33. The summed E-state index contributed by atoms with van der Waals surface area (Å²) in [6, 6.07) is 6.67. The van der Waals surface area contributed by atoms with Crippen molar-refractivity contribution in [1.29, 1.82) is 5.26 Å².